The Morgan fingerprint density at radius 3 is 2.61 bits per heavy atom. The first-order valence-electron chi connectivity index (χ1n) is 9.27. The lowest BCUT2D eigenvalue weighted by Crippen LogP contribution is -2.59. The molecule has 3 N–H and O–H groups in total. The van der Waals surface area contributed by atoms with E-state index < -0.39 is 41.8 Å². The van der Waals surface area contributed by atoms with Crippen molar-refractivity contribution in [1.82, 2.24) is 20.9 Å². The number of carbonyl (C=O) groups excluding carboxylic acids is 4. The van der Waals surface area contributed by atoms with Crippen molar-refractivity contribution in [3.63, 3.8) is 0 Å². The van der Waals surface area contributed by atoms with Crippen LogP contribution in [0, 0.1) is 5.41 Å². The molecule has 2 fully saturated rings. The molecular weight excluding hydrogens is 367 g/mol. The molecule has 0 saturated carbocycles. The van der Waals surface area contributed by atoms with E-state index in [9.17, 15) is 23.6 Å². The van der Waals surface area contributed by atoms with Gasteiger partial charge in [-0.3, -0.25) is 33.8 Å². The fraction of sp³-hybridized carbons (Fsp3) is 0.474. The lowest BCUT2D eigenvalue weighted by atomic mass is 9.83. The van der Waals surface area contributed by atoms with Crippen LogP contribution >= 0.6 is 0 Å². The quantitative estimate of drug-likeness (QED) is 0.580. The van der Waals surface area contributed by atoms with Crippen LogP contribution < -0.4 is 16.0 Å². The first kappa shape index (κ1) is 18.7. The van der Waals surface area contributed by atoms with Gasteiger partial charge in [-0.15, -0.1) is 0 Å². The first-order chi connectivity index (χ1) is 13.5. The number of benzene rings is 1. The molecule has 0 radical (unpaired) electrons. The van der Waals surface area contributed by atoms with Gasteiger partial charge < -0.3 is 10.6 Å². The maximum Gasteiger partial charge on any atom is 0.262 e. The molecule has 0 spiro atoms. The number of fused-ring (bicyclic) bond motifs is 1. The summed E-state index contributed by atoms with van der Waals surface area (Å²) < 4.78 is 13.2. The van der Waals surface area contributed by atoms with Gasteiger partial charge in [-0.05, 0) is 18.1 Å². The fourth-order valence-corrected chi connectivity index (χ4v) is 3.94. The van der Waals surface area contributed by atoms with Crippen LogP contribution in [0.3, 0.4) is 0 Å². The number of piperidine rings is 1. The second kappa shape index (κ2) is 7.06. The van der Waals surface area contributed by atoms with E-state index in [0.29, 0.717) is 31.7 Å². The van der Waals surface area contributed by atoms with Gasteiger partial charge in [-0.1, -0.05) is 12.1 Å². The number of alkyl halides is 1. The van der Waals surface area contributed by atoms with Crippen molar-refractivity contribution in [3.05, 3.63) is 34.9 Å². The average molecular weight is 388 g/mol. The van der Waals surface area contributed by atoms with Crippen LogP contribution in [-0.2, 0) is 16.1 Å². The molecule has 1 aromatic rings. The first-order valence-corrected chi connectivity index (χ1v) is 9.27. The lowest BCUT2D eigenvalue weighted by Gasteiger charge is -2.40. The summed E-state index contributed by atoms with van der Waals surface area (Å²) in [6, 6.07) is 4.00. The van der Waals surface area contributed by atoms with Crippen LogP contribution in [0.25, 0.3) is 0 Å². The summed E-state index contributed by atoms with van der Waals surface area (Å²) in [7, 11) is 0. The van der Waals surface area contributed by atoms with Gasteiger partial charge in [0.2, 0.25) is 11.8 Å². The van der Waals surface area contributed by atoms with Crippen LogP contribution in [0.5, 0.6) is 0 Å². The van der Waals surface area contributed by atoms with Gasteiger partial charge in [0.15, 0.2) is 0 Å². The number of carbonyl (C=O) groups is 4. The molecule has 2 saturated heterocycles. The van der Waals surface area contributed by atoms with Crippen molar-refractivity contribution in [2.24, 2.45) is 5.41 Å². The Morgan fingerprint density at radius 2 is 1.96 bits per heavy atom. The molecule has 3 heterocycles. The zero-order chi connectivity index (χ0) is 19.9. The third-order valence-electron chi connectivity index (χ3n) is 5.65. The van der Waals surface area contributed by atoms with Crippen LogP contribution in [-0.4, -0.2) is 60.9 Å². The molecule has 28 heavy (non-hydrogen) atoms. The molecular formula is C19H21FN4O4. The normalized spacial score (nSPS) is 23.5. The van der Waals surface area contributed by atoms with Gasteiger partial charge in [0.25, 0.3) is 11.8 Å². The second-order valence-corrected chi connectivity index (χ2v) is 7.63. The number of imide groups is 2. The van der Waals surface area contributed by atoms with E-state index in [1.54, 1.807) is 18.2 Å². The van der Waals surface area contributed by atoms with Crippen molar-refractivity contribution in [3.8, 4) is 0 Å². The van der Waals surface area contributed by atoms with Crippen LogP contribution in [0.2, 0.25) is 0 Å². The Kier molecular flexibility index (Phi) is 4.72. The van der Waals surface area contributed by atoms with Crippen molar-refractivity contribution in [1.29, 1.82) is 0 Å². The Bertz CT molecular complexity index is 862. The molecule has 148 valence electrons. The molecule has 3 aliphatic heterocycles. The molecule has 1 unspecified atom stereocenters. The Morgan fingerprint density at radius 1 is 1.18 bits per heavy atom. The number of nitrogens with one attached hydrogen (secondary N) is 3. The monoisotopic (exact) mass is 388 g/mol. The minimum absolute atomic E-state index is 0.0809. The summed E-state index contributed by atoms with van der Waals surface area (Å²) in [4.78, 5) is 50.2. The molecule has 9 heteroatoms. The van der Waals surface area contributed by atoms with Crippen LogP contribution in [0.4, 0.5) is 4.39 Å². The molecule has 1 aromatic carbocycles. The van der Waals surface area contributed by atoms with Crippen molar-refractivity contribution < 1.29 is 23.6 Å². The topological polar surface area (TPSA) is 108 Å². The van der Waals surface area contributed by atoms with Crippen molar-refractivity contribution in [2.45, 2.75) is 25.4 Å². The fourth-order valence-electron chi connectivity index (χ4n) is 3.94. The number of hydrogen-bond donors (Lipinski definition) is 3. The van der Waals surface area contributed by atoms with E-state index in [0.717, 1.165) is 4.90 Å². The summed E-state index contributed by atoms with van der Waals surface area (Å²) in [6.45, 7) is 1.54. The molecule has 4 amide bonds. The number of halogens is 1. The molecule has 0 aromatic heterocycles. The molecule has 0 aliphatic carbocycles. The number of rotatable bonds is 6. The maximum atomic E-state index is 13.2. The predicted octanol–water partition coefficient (Wildman–Crippen LogP) is -0.263. The number of nitrogens with zero attached hydrogens (tertiary/aromatic N) is 1. The van der Waals surface area contributed by atoms with E-state index in [-0.39, 0.29) is 24.0 Å². The van der Waals surface area contributed by atoms with Gasteiger partial charge in [0.1, 0.15) is 6.04 Å². The highest BCUT2D eigenvalue weighted by atomic mass is 19.1. The van der Waals surface area contributed by atoms with Crippen molar-refractivity contribution >= 4 is 23.6 Å². The minimum atomic E-state index is -0.984. The predicted molar refractivity (Wildman–Crippen MR) is 96.1 cm³/mol. The average Bonchev–Trinajstić information content (AvgIpc) is 2.89. The Labute approximate surface area is 160 Å². The largest absolute Gasteiger partial charge is 0.315 e. The number of hydrogen-bond acceptors (Lipinski definition) is 6. The van der Waals surface area contributed by atoms with E-state index in [2.05, 4.69) is 16.0 Å². The lowest BCUT2D eigenvalue weighted by molar-refractivity contribution is -0.136. The Balaban J connectivity index is 1.52. The van der Waals surface area contributed by atoms with E-state index >= 15 is 0 Å². The molecule has 1 atom stereocenters. The molecule has 8 nitrogen and oxygen atoms in total. The minimum Gasteiger partial charge on any atom is -0.315 e. The molecule has 3 aliphatic rings. The van der Waals surface area contributed by atoms with E-state index in [4.69, 9.17) is 0 Å². The van der Waals surface area contributed by atoms with Gasteiger partial charge >= 0.3 is 0 Å². The summed E-state index contributed by atoms with van der Waals surface area (Å²) in [5.74, 6) is -2.10. The van der Waals surface area contributed by atoms with E-state index in [1.807, 2.05) is 0 Å². The molecule has 0 bridgehead atoms. The highest BCUT2D eigenvalue weighted by molar-refractivity contribution is 6.24. The third kappa shape index (κ3) is 3.00. The highest BCUT2D eigenvalue weighted by Crippen LogP contribution is 2.30. The SMILES string of the molecule is O=C1CCC(N2C(=O)c3cccc(CNCC4(CF)CNC4)c3C2=O)C(=O)N1. The van der Waals surface area contributed by atoms with E-state index in [1.165, 1.54) is 0 Å². The summed E-state index contributed by atoms with van der Waals surface area (Å²) in [5, 5.41) is 8.42. The van der Waals surface area contributed by atoms with Crippen LogP contribution in [0.1, 0.15) is 39.1 Å². The second-order valence-electron chi connectivity index (χ2n) is 7.63. The molecule has 4 rings (SSSR count). The third-order valence-corrected chi connectivity index (χ3v) is 5.65. The van der Waals surface area contributed by atoms with Gasteiger partial charge in [0, 0.05) is 38.0 Å². The highest BCUT2D eigenvalue weighted by Gasteiger charge is 2.45. The maximum absolute atomic E-state index is 13.2. The zero-order valence-corrected chi connectivity index (χ0v) is 15.2. The Hall–Kier alpha value is -2.65. The summed E-state index contributed by atoms with van der Waals surface area (Å²) in [6.07, 6.45) is 0.202. The summed E-state index contributed by atoms with van der Waals surface area (Å²) >= 11 is 0. The number of amides is 4. The zero-order valence-electron chi connectivity index (χ0n) is 15.2. The standard InChI is InChI=1S/C19H21FN4O4/c20-7-19(9-22-10-19)8-21-6-11-2-1-3-12-15(11)18(28)24(17(12)27)13-4-5-14(25)23-16(13)26/h1-3,13,21-22H,4-10H2,(H,23,25,26). The van der Waals surface area contributed by atoms with Crippen molar-refractivity contribution in [2.75, 3.05) is 26.3 Å². The van der Waals surface area contributed by atoms with Gasteiger partial charge in [0.05, 0.1) is 17.8 Å². The van der Waals surface area contributed by atoms with Gasteiger partial charge in [-0.25, -0.2) is 0 Å². The smallest absolute Gasteiger partial charge is 0.262 e. The van der Waals surface area contributed by atoms with Crippen LogP contribution in [0.15, 0.2) is 18.2 Å². The summed E-state index contributed by atoms with van der Waals surface area (Å²) in [5.41, 5.74) is 0.730. The van der Waals surface area contributed by atoms with Gasteiger partial charge in [-0.2, -0.15) is 0 Å².